The second kappa shape index (κ2) is 6.68. The van der Waals surface area contributed by atoms with E-state index in [-0.39, 0.29) is 5.91 Å². The van der Waals surface area contributed by atoms with Crippen LogP contribution in [0.25, 0.3) is 0 Å². The maximum absolute atomic E-state index is 12.2. The summed E-state index contributed by atoms with van der Waals surface area (Å²) in [7, 11) is 0. The molecule has 5 heteroatoms. The molecule has 0 aromatic carbocycles. The van der Waals surface area contributed by atoms with Crippen LogP contribution in [0.5, 0.6) is 0 Å². The molecule has 0 bridgehead atoms. The standard InChI is InChI=1S/C15H25N3OS/c1-3-10-15(2,16)13(19)18-14-17-11-8-6-4-5-7-9-12(11)20-14/h3-10,16H2,1-2H3,(H,17,18,19). The molecule has 1 aromatic heterocycles. The van der Waals surface area contributed by atoms with Crippen molar-refractivity contribution in [3.8, 4) is 0 Å². The van der Waals surface area contributed by atoms with Gasteiger partial charge in [0, 0.05) is 4.88 Å². The molecule has 3 N–H and O–H groups in total. The van der Waals surface area contributed by atoms with Crippen LogP contribution in [0.1, 0.15) is 62.9 Å². The third-order valence-electron chi connectivity index (χ3n) is 3.85. The van der Waals surface area contributed by atoms with Gasteiger partial charge in [0.2, 0.25) is 5.91 Å². The van der Waals surface area contributed by atoms with E-state index in [1.165, 1.54) is 36.3 Å². The fourth-order valence-corrected chi connectivity index (χ4v) is 3.68. The van der Waals surface area contributed by atoms with E-state index in [4.69, 9.17) is 5.73 Å². The minimum atomic E-state index is -0.811. The average molecular weight is 295 g/mol. The number of nitrogens with zero attached hydrogens (tertiary/aromatic N) is 1. The van der Waals surface area contributed by atoms with Crippen molar-refractivity contribution in [3.05, 3.63) is 10.6 Å². The topological polar surface area (TPSA) is 68.0 Å². The second-order valence-corrected chi connectivity index (χ2v) is 7.01. The number of amides is 1. The number of nitrogens with two attached hydrogens (primary N) is 1. The maximum Gasteiger partial charge on any atom is 0.245 e. The number of fused-ring (bicyclic) bond motifs is 1. The summed E-state index contributed by atoms with van der Waals surface area (Å²) < 4.78 is 0. The lowest BCUT2D eigenvalue weighted by atomic mass is 9.97. The first-order valence-electron chi connectivity index (χ1n) is 7.62. The Hall–Kier alpha value is -0.940. The summed E-state index contributed by atoms with van der Waals surface area (Å²) in [6, 6.07) is 0. The molecule has 0 fully saturated rings. The highest BCUT2D eigenvalue weighted by molar-refractivity contribution is 7.15. The molecule has 0 saturated carbocycles. The van der Waals surface area contributed by atoms with Crippen LogP contribution in [-0.4, -0.2) is 16.4 Å². The lowest BCUT2D eigenvalue weighted by Gasteiger charge is -2.21. The molecule has 2 rings (SSSR count). The van der Waals surface area contributed by atoms with Crippen LogP contribution in [0.2, 0.25) is 0 Å². The number of thiazole rings is 1. The molecule has 20 heavy (non-hydrogen) atoms. The van der Waals surface area contributed by atoms with E-state index in [9.17, 15) is 4.79 Å². The van der Waals surface area contributed by atoms with Crippen molar-refractivity contribution in [2.75, 3.05) is 5.32 Å². The highest BCUT2D eigenvalue weighted by Gasteiger charge is 2.28. The lowest BCUT2D eigenvalue weighted by molar-refractivity contribution is -0.120. The first-order chi connectivity index (χ1) is 9.53. The van der Waals surface area contributed by atoms with E-state index in [1.807, 2.05) is 6.92 Å². The Kier molecular flexibility index (Phi) is 5.16. The Morgan fingerprint density at radius 1 is 1.35 bits per heavy atom. The third kappa shape index (κ3) is 3.79. The molecular formula is C15H25N3OS. The number of aromatic nitrogens is 1. The summed E-state index contributed by atoms with van der Waals surface area (Å²) >= 11 is 1.62. The first kappa shape index (κ1) is 15.4. The molecule has 1 unspecified atom stereocenters. The van der Waals surface area contributed by atoms with Gasteiger partial charge in [0.05, 0.1) is 11.2 Å². The number of nitrogens with one attached hydrogen (secondary N) is 1. The van der Waals surface area contributed by atoms with Crippen LogP contribution in [0.15, 0.2) is 0 Å². The number of aryl methyl sites for hydroxylation is 2. The fraction of sp³-hybridized carbons (Fsp3) is 0.733. The zero-order valence-corrected chi connectivity index (χ0v) is 13.3. The Morgan fingerprint density at radius 2 is 2.05 bits per heavy atom. The summed E-state index contributed by atoms with van der Waals surface area (Å²) in [4.78, 5) is 18.1. The van der Waals surface area contributed by atoms with Gasteiger partial charge in [0.25, 0.3) is 0 Å². The molecule has 1 heterocycles. The van der Waals surface area contributed by atoms with Gasteiger partial charge in [-0.25, -0.2) is 4.98 Å². The molecule has 0 spiro atoms. The number of rotatable bonds is 4. The molecule has 0 radical (unpaired) electrons. The summed E-state index contributed by atoms with van der Waals surface area (Å²) in [6.45, 7) is 3.82. The van der Waals surface area contributed by atoms with Crippen molar-refractivity contribution in [2.45, 2.75) is 70.8 Å². The van der Waals surface area contributed by atoms with Crippen molar-refractivity contribution in [1.82, 2.24) is 4.98 Å². The van der Waals surface area contributed by atoms with Crippen LogP contribution in [0.4, 0.5) is 5.13 Å². The van der Waals surface area contributed by atoms with Gasteiger partial charge in [-0.1, -0.05) is 26.2 Å². The quantitative estimate of drug-likeness (QED) is 0.896. The van der Waals surface area contributed by atoms with Gasteiger partial charge in [0.1, 0.15) is 0 Å². The largest absolute Gasteiger partial charge is 0.318 e. The molecular weight excluding hydrogens is 270 g/mol. The molecule has 1 aromatic rings. The van der Waals surface area contributed by atoms with Crippen LogP contribution in [0, 0.1) is 0 Å². The maximum atomic E-state index is 12.2. The third-order valence-corrected chi connectivity index (χ3v) is 4.93. The number of carbonyl (C=O) groups excluding carboxylic acids is 1. The zero-order chi connectivity index (χ0) is 14.6. The smallest absolute Gasteiger partial charge is 0.245 e. The minimum Gasteiger partial charge on any atom is -0.318 e. The summed E-state index contributed by atoms with van der Waals surface area (Å²) in [6.07, 6.45) is 8.74. The monoisotopic (exact) mass is 295 g/mol. The Morgan fingerprint density at radius 3 is 2.75 bits per heavy atom. The van der Waals surface area contributed by atoms with E-state index >= 15 is 0 Å². The van der Waals surface area contributed by atoms with Crippen molar-refractivity contribution in [2.24, 2.45) is 5.73 Å². The van der Waals surface area contributed by atoms with Gasteiger partial charge in [-0.15, -0.1) is 11.3 Å². The number of hydrogen-bond donors (Lipinski definition) is 2. The Labute approximate surface area is 125 Å². The second-order valence-electron chi connectivity index (χ2n) is 5.92. The number of anilines is 1. The number of carbonyl (C=O) groups is 1. The summed E-state index contributed by atoms with van der Waals surface area (Å²) in [5.74, 6) is -0.124. The summed E-state index contributed by atoms with van der Waals surface area (Å²) in [5, 5.41) is 3.63. The normalized spacial score (nSPS) is 18.6. The molecule has 0 saturated heterocycles. The molecule has 112 valence electrons. The van der Waals surface area contributed by atoms with E-state index < -0.39 is 5.54 Å². The highest BCUT2D eigenvalue weighted by atomic mass is 32.1. The fourth-order valence-electron chi connectivity index (χ4n) is 2.63. The van der Waals surface area contributed by atoms with Gasteiger partial charge in [-0.05, 0) is 39.0 Å². The predicted octanol–water partition coefficient (Wildman–Crippen LogP) is 3.26. The van der Waals surface area contributed by atoms with Gasteiger partial charge in [0.15, 0.2) is 5.13 Å². The van der Waals surface area contributed by atoms with E-state index in [2.05, 4.69) is 10.3 Å². The highest BCUT2D eigenvalue weighted by Crippen LogP contribution is 2.29. The minimum absolute atomic E-state index is 0.124. The first-order valence-corrected chi connectivity index (χ1v) is 8.43. The van der Waals surface area contributed by atoms with Crippen molar-refractivity contribution in [3.63, 3.8) is 0 Å². The Balaban J connectivity index is 2.06. The molecule has 1 aliphatic carbocycles. The average Bonchev–Trinajstić information content (AvgIpc) is 2.71. The van der Waals surface area contributed by atoms with E-state index in [1.54, 1.807) is 18.3 Å². The molecule has 1 amide bonds. The summed E-state index contributed by atoms with van der Waals surface area (Å²) in [5.41, 5.74) is 6.42. The van der Waals surface area contributed by atoms with Gasteiger partial charge >= 0.3 is 0 Å². The van der Waals surface area contributed by atoms with Gasteiger partial charge < -0.3 is 11.1 Å². The molecule has 0 aliphatic heterocycles. The lowest BCUT2D eigenvalue weighted by Crippen LogP contribution is -2.48. The SMILES string of the molecule is CCCC(C)(N)C(=O)Nc1nc2c(s1)CCCCCC2. The Bertz CT molecular complexity index is 442. The van der Waals surface area contributed by atoms with E-state index in [0.29, 0.717) is 6.42 Å². The van der Waals surface area contributed by atoms with Gasteiger partial charge in [-0.2, -0.15) is 0 Å². The van der Waals surface area contributed by atoms with Crippen molar-refractivity contribution in [1.29, 1.82) is 0 Å². The van der Waals surface area contributed by atoms with Crippen LogP contribution >= 0.6 is 11.3 Å². The molecule has 4 nitrogen and oxygen atoms in total. The van der Waals surface area contributed by atoms with Crippen molar-refractivity contribution >= 4 is 22.4 Å². The van der Waals surface area contributed by atoms with Crippen LogP contribution in [-0.2, 0) is 17.6 Å². The molecule has 1 atom stereocenters. The van der Waals surface area contributed by atoms with Gasteiger partial charge in [-0.3, -0.25) is 4.79 Å². The van der Waals surface area contributed by atoms with Crippen LogP contribution in [0.3, 0.4) is 0 Å². The van der Waals surface area contributed by atoms with Crippen LogP contribution < -0.4 is 11.1 Å². The van der Waals surface area contributed by atoms with Crippen molar-refractivity contribution < 1.29 is 4.79 Å². The van der Waals surface area contributed by atoms with E-state index in [0.717, 1.165) is 24.4 Å². The molecule has 1 aliphatic rings. The predicted molar refractivity (Wildman–Crippen MR) is 84.1 cm³/mol. The zero-order valence-electron chi connectivity index (χ0n) is 12.5. The number of hydrogen-bond acceptors (Lipinski definition) is 4.